The molecule has 160 valence electrons. The number of halogens is 1. The summed E-state index contributed by atoms with van der Waals surface area (Å²) in [5.41, 5.74) is 9.02. The molecule has 0 aliphatic carbocycles. The van der Waals surface area contributed by atoms with Crippen molar-refractivity contribution in [2.24, 2.45) is 4.99 Å². The quantitative estimate of drug-likeness (QED) is 0.333. The molecule has 0 amide bonds. The Bertz CT molecular complexity index is 1360. The van der Waals surface area contributed by atoms with Crippen molar-refractivity contribution < 1.29 is 4.39 Å². The van der Waals surface area contributed by atoms with Crippen LogP contribution in [-0.4, -0.2) is 27.2 Å². The zero-order chi connectivity index (χ0) is 22.2. The van der Waals surface area contributed by atoms with Gasteiger partial charge in [-0.05, 0) is 73.9 Å². The zero-order valence-electron chi connectivity index (χ0n) is 18.2. The van der Waals surface area contributed by atoms with Gasteiger partial charge in [-0.25, -0.2) is 9.97 Å². The summed E-state index contributed by atoms with van der Waals surface area (Å²) in [4.78, 5) is 15.4. The van der Waals surface area contributed by atoms with E-state index in [1.165, 1.54) is 16.3 Å². The van der Waals surface area contributed by atoms with Crippen molar-refractivity contribution >= 4 is 33.5 Å². The Kier molecular flexibility index (Phi) is 5.31. The van der Waals surface area contributed by atoms with Gasteiger partial charge in [0.25, 0.3) is 0 Å². The van der Waals surface area contributed by atoms with E-state index in [9.17, 15) is 4.39 Å². The number of aliphatic imine (C=N–C) groups is 1. The van der Waals surface area contributed by atoms with Crippen LogP contribution in [0.25, 0.3) is 27.0 Å². The fraction of sp³-hybridized carbons (Fsp3) is 0.192. The van der Waals surface area contributed by atoms with Crippen LogP contribution >= 0.6 is 11.3 Å². The van der Waals surface area contributed by atoms with Gasteiger partial charge in [0.05, 0.1) is 21.8 Å². The van der Waals surface area contributed by atoms with E-state index in [1.807, 2.05) is 24.7 Å². The van der Waals surface area contributed by atoms with Gasteiger partial charge in [0, 0.05) is 23.2 Å². The SMILES string of the molecule is Cc1nc(F)ccc1-c1cccc(C(C)N2C(c3ccc4ncsc4c3)=CC=NC2C)c1. The van der Waals surface area contributed by atoms with Gasteiger partial charge in [0.15, 0.2) is 0 Å². The summed E-state index contributed by atoms with van der Waals surface area (Å²) in [5, 5.41) is 0. The van der Waals surface area contributed by atoms with E-state index >= 15 is 0 Å². The summed E-state index contributed by atoms with van der Waals surface area (Å²) in [6, 6.07) is 18.1. The number of hydrogen-bond donors (Lipinski definition) is 0. The molecule has 5 rings (SSSR count). The van der Waals surface area contributed by atoms with Crippen LogP contribution in [0.3, 0.4) is 0 Å². The molecule has 0 saturated carbocycles. The third kappa shape index (κ3) is 3.71. The van der Waals surface area contributed by atoms with E-state index in [0.717, 1.165) is 27.9 Å². The predicted molar refractivity (Wildman–Crippen MR) is 130 cm³/mol. The van der Waals surface area contributed by atoms with Crippen LogP contribution in [0.1, 0.15) is 36.7 Å². The minimum absolute atomic E-state index is 0.0000349. The molecule has 2 aromatic heterocycles. The molecule has 0 bridgehead atoms. The second-order valence-corrected chi connectivity index (χ2v) is 8.88. The largest absolute Gasteiger partial charge is 0.343 e. The maximum atomic E-state index is 13.5. The standard InChI is InChI=1S/C26H23FN4S/c1-16-22(8-10-26(27)30-16)20-6-4-5-19(13-20)17(2)31-18(3)28-12-11-24(31)21-7-9-23-25(14-21)32-15-29-23/h4-15,17-18H,1-3H3. The van der Waals surface area contributed by atoms with Crippen molar-refractivity contribution in [1.29, 1.82) is 0 Å². The fourth-order valence-electron chi connectivity index (χ4n) is 4.35. The fourth-order valence-corrected chi connectivity index (χ4v) is 5.07. The van der Waals surface area contributed by atoms with Gasteiger partial charge in [0.1, 0.15) is 6.17 Å². The molecule has 3 heterocycles. The van der Waals surface area contributed by atoms with Gasteiger partial charge in [-0.2, -0.15) is 4.39 Å². The Morgan fingerprint density at radius 1 is 1.06 bits per heavy atom. The van der Waals surface area contributed by atoms with Gasteiger partial charge in [0.2, 0.25) is 5.95 Å². The summed E-state index contributed by atoms with van der Waals surface area (Å²) in [6.07, 6.45) is 3.97. The average molecular weight is 443 g/mol. The molecular formula is C26H23FN4S. The Morgan fingerprint density at radius 3 is 2.78 bits per heavy atom. The van der Waals surface area contributed by atoms with Crippen LogP contribution < -0.4 is 0 Å². The first-order valence-corrected chi connectivity index (χ1v) is 11.5. The smallest absolute Gasteiger partial charge is 0.213 e. The highest BCUT2D eigenvalue weighted by atomic mass is 32.1. The van der Waals surface area contributed by atoms with Crippen LogP contribution in [0.4, 0.5) is 4.39 Å². The lowest BCUT2D eigenvalue weighted by molar-refractivity contribution is 0.252. The molecule has 1 aliphatic heterocycles. The maximum absolute atomic E-state index is 13.5. The normalized spacial score (nSPS) is 16.9. The summed E-state index contributed by atoms with van der Waals surface area (Å²) in [5.74, 6) is -0.455. The predicted octanol–water partition coefficient (Wildman–Crippen LogP) is 6.64. The second-order valence-electron chi connectivity index (χ2n) is 7.99. The van der Waals surface area contributed by atoms with Crippen LogP contribution in [0.5, 0.6) is 0 Å². The van der Waals surface area contributed by atoms with Crippen molar-refractivity contribution in [2.75, 3.05) is 0 Å². The molecule has 1 aliphatic rings. The molecule has 0 radical (unpaired) electrons. The number of rotatable bonds is 4. The Hall–Kier alpha value is -3.38. The number of fused-ring (bicyclic) bond motifs is 1. The third-order valence-corrected chi connectivity index (χ3v) is 6.78. The topological polar surface area (TPSA) is 41.4 Å². The van der Waals surface area contributed by atoms with Gasteiger partial charge in [-0.3, -0.25) is 4.99 Å². The summed E-state index contributed by atoms with van der Waals surface area (Å²) in [7, 11) is 0. The van der Waals surface area contributed by atoms with Gasteiger partial charge in [-0.15, -0.1) is 11.3 Å². The van der Waals surface area contributed by atoms with Crippen LogP contribution in [0, 0.1) is 12.9 Å². The summed E-state index contributed by atoms with van der Waals surface area (Å²) < 4.78 is 14.7. The Morgan fingerprint density at radius 2 is 1.94 bits per heavy atom. The summed E-state index contributed by atoms with van der Waals surface area (Å²) >= 11 is 1.65. The monoisotopic (exact) mass is 442 g/mol. The molecule has 4 aromatic rings. The lowest BCUT2D eigenvalue weighted by Crippen LogP contribution is -2.34. The van der Waals surface area contributed by atoms with Gasteiger partial charge >= 0.3 is 0 Å². The highest BCUT2D eigenvalue weighted by Crippen LogP contribution is 2.36. The summed E-state index contributed by atoms with van der Waals surface area (Å²) in [6.45, 7) is 6.15. The first kappa shape index (κ1) is 20.5. The average Bonchev–Trinajstić information content (AvgIpc) is 3.26. The van der Waals surface area contributed by atoms with Crippen molar-refractivity contribution in [3.8, 4) is 11.1 Å². The van der Waals surface area contributed by atoms with Crippen LogP contribution in [-0.2, 0) is 0 Å². The molecule has 0 fully saturated rings. The molecule has 2 aromatic carbocycles. The number of allylic oxidation sites excluding steroid dienone is 1. The van der Waals surface area contributed by atoms with Gasteiger partial charge < -0.3 is 4.90 Å². The highest BCUT2D eigenvalue weighted by Gasteiger charge is 2.26. The van der Waals surface area contributed by atoms with E-state index in [0.29, 0.717) is 5.69 Å². The van der Waals surface area contributed by atoms with Gasteiger partial charge in [-0.1, -0.05) is 24.3 Å². The second kappa shape index (κ2) is 8.28. The number of aryl methyl sites for hydroxylation is 1. The molecule has 32 heavy (non-hydrogen) atoms. The minimum Gasteiger partial charge on any atom is -0.343 e. The minimum atomic E-state index is -0.455. The van der Waals surface area contributed by atoms with Crippen molar-refractivity contribution in [3.63, 3.8) is 0 Å². The van der Waals surface area contributed by atoms with E-state index in [1.54, 1.807) is 17.4 Å². The highest BCUT2D eigenvalue weighted by molar-refractivity contribution is 7.16. The maximum Gasteiger partial charge on any atom is 0.213 e. The lowest BCUT2D eigenvalue weighted by Gasteiger charge is -2.38. The van der Waals surface area contributed by atoms with Crippen LogP contribution in [0.15, 0.2) is 71.2 Å². The van der Waals surface area contributed by atoms with E-state index in [4.69, 9.17) is 0 Å². The van der Waals surface area contributed by atoms with E-state index in [2.05, 4.69) is 76.2 Å². The number of hydrogen-bond acceptors (Lipinski definition) is 5. The molecule has 4 nitrogen and oxygen atoms in total. The number of nitrogens with zero attached hydrogens (tertiary/aromatic N) is 4. The number of aromatic nitrogens is 2. The molecular weight excluding hydrogens is 419 g/mol. The molecule has 6 heteroatoms. The van der Waals surface area contributed by atoms with Crippen molar-refractivity contribution in [2.45, 2.75) is 33.0 Å². The first-order valence-electron chi connectivity index (χ1n) is 10.6. The zero-order valence-corrected chi connectivity index (χ0v) is 19.0. The van der Waals surface area contributed by atoms with E-state index in [-0.39, 0.29) is 12.2 Å². The number of pyridine rings is 1. The third-order valence-electron chi connectivity index (χ3n) is 5.99. The Balaban J connectivity index is 1.52. The van der Waals surface area contributed by atoms with Crippen molar-refractivity contribution in [3.05, 3.63) is 89.0 Å². The first-order chi connectivity index (χ1) is 15.5. The molecule has 2 unspecified atom stereocenters. The van der Waals surface area contributed by atoms with Crippen molar-refractivity contribution in [1.82, 2.24) is 14.9 Å². The molecule has 0 spiro atoms. The lowest BCUT2D eigenvalue weighted by atomic mass is 9.97. The molecule has 2 atom stereocenters. The van der Waals surface area contributed by atoms with Crippen LogP contribution in [0.2, 0.25) is 0 Å². The van der Waals surface area contributed by atoms with E-state index < -0.39 is 5.95 Å². The molecule has 0 N–H and O–H groups in total. The molecule has 0 saturated heterocycles. The Labute approximate surface area is 190 Å². The number of thiazole rings is 1. The number of benzene rings is 2.